The second-order valence-corrected chi connectivity index (χ2v) is 8.77. The maximum absolute atomic E-state index is 13.1. The van der Waals surface area contributed by atoms with Crippen molar-refractivity contribution < 1.29 is 14.3 Å². The van der Waals surface area contributed by atoms with Crippen molar-refractivity contribution in [1.29, 1.82) is 0 Å². The normalized spacial score (nSPS) is 26.4. The molecule has 2 saturated heterocycles. The predicted molar refractivity (Wildman–Crippen MR) is 92.2 cm³/mol. The van der Waals surface area contributed by atoms with Crippen LogP contribution in [0.3, 0.4) is 0 Å². The van der Waals surface area contributed by atoms with Crippen LogP contribution in [0.4, 0.5) is 0 Å². The van der Waals surface area contributed by atoms with Crippen LogP contribution in [-0.2, 0) is 14.3 Å². The maximum Gasteiger partial charge on any atom is 0.223 e. The fourth-order valence-corrected chi connectivity index (χ4v) is 4.78. The van der Waals surface area contributed by atoms with E-state index in [2.05, 4.69) is 46.4 Å². The van der Waals surface area contributed by atoms with Gasteiger partial charge in [0, 0.05) is 30.3 Å². The molecule has 4 heteroatoms. The lowest BCUT2D eigenvalue weighted by atomic mass is 9.75. The van der Waals surface area contributed by atoms with Gasteiger partial charge in [0.05, 0.1) is 13.2 Å². The molecule has 0 aromatic heterocycles. The lowest BCUT2D eigenvalue weighted by Gasteiger charge is -2.57. The Kier molecular flexibility index (Phi) is 5.47. The van der Waals surface area contributed by atoms with Crippen LogP contribution in [0.2, 0.25) is 0 Å². The Morgan fingerprint density at radius 3 is 2.09 bits per heavy atom. The molecular formula is C19H35NO3. The van der Waals surface area contributed by atoms with Crippen molar-refractivity contribution in [3.05, 3.63) is 0 Å². The number of nitrogens with zero attached hydrogens (tertiary/aromatic N) is 1. The van der Waals surface area contributed by atoms with E-state index in [1.54, 1.807) is 0 Å². The van der Waals surface area contributed by atoms with E-state index in [0.717, 1.165) is 19.3 Å². The third-order valence-corrected chi connectivity index (χ3v) is 5.25. The Balaban J connectivity index is 2.12. The molecule has 1 atom stereocenters. The third kappa shape index (κ3) is 4.08. The van der Waals surface area contributed by atoms with Crippen LogP contribution in [0.15, 0.2) is 0 Å². The fraction of sp³-hybridized carbons (Fsp3) is 0.947. The van der Waals surface area contributed by atoms with E-state index in [-0.39, 0.29) is 17.0 Å². The first kappa shape index (κ1) is 18.7. The minimum Gasteiger partial charge on any atom is -0.347 e. The van der Waals surface area contributed by atoms with Gasteiger partial charge in [-0.15, -0.1) is 0 Å². The summed E-state index contributed by atoms with van der Waals surface area (Å²) >= 11 is 0. The molecule has 0 aliphatic carbocycles. The van der Waals surface area contributed by atoms with Gasteiger partial charge in [0.1, 0.15) is 0 Å². The van der Waals surface area contributed by atoms with E-state index < -0.39 is 5.79 Å². The Bertz CT molecular complexity index is 404. The summed E-state index contributed by atoms with van der Waals surface area (Å²) in [7, 11) is 0. The molecule has 0 saturated carbocycles. The molecule has 2 heterocycles. The quantitative estimate of drug-likeness (QED) is 0.763. The SMILES string of the molecule is CCCCC(C)CC(=O)N1C(C)(C)CC2(CC1(C)C)OCCO2. The van der Waals surface area contributed by atoms with E-state index in [4.69, 9.17) is 9.47 Å². The molecule has 0 bridgehead atoms. The number of likely N-dealkylation sites (tertiary alicyclic amines) is 1. The lowest BCUT2D eigenvalue weighted by Crippen LogP contribution is -2.67. The van der Waals surface area contributed by atoms with Gasteiger partial charge in [0.25, 0.3) is 0 Å². The molecule has 0 aromatic carbocycles. The molecular weight excluding hydrogens is 290 g/mol. The van der Waals surface area contributed by atoms with Gasteiger partial charge in [-0.25, -0.2) is 0 Å². The number of rotatable bonds is 5. The smallest absolute Gasteiger partial charge is 0.223 e. The molecule has 4 nitrogen and oxygen atoms in total. The summed E-state index contributed by atoms with van der Waals surface area (Å²) in [5, 5.41) is 0. The average Bonchev–Trinajstić information content (AvgIpc) is 2.80. The number of ether oxygens (including phenoxy) is 2. The van der Waals surface area contributed by atoms with E-state index in [1.165, 1.54) is 12.8 Å². The van der Waals surface area contributed by atoms with Crippen LogP contribution in [-0.4, -0.2) is 40.9 Å². The molecule has 0 aromatic rings. The Morgan fingerprint density at radius 1 is 1.09 bits per heavy atom. The van der Waals surface area contributed by atoms with Crippen molar-refractivity contribution in [3.63, 3.8) is 0 Å². The van der Waals surface area contributed by atoms with Gasteiger partial charge in [0.15, 0.2) is 5.79 Å². The maximum atomic E-state index is 13.1. The summed E-state index contributed by atoms with van der Waals surface area (Å²) < 4.78 is 11.9. The molecule has 2 aliphatic heterocycles. The van der Waals surface area contributed by atoms with Gasteiger partial charge in [-0.05, 0) is 33.6 Å². The van der Waals surface area contributed by atoms with E-state index in [9.17, 15) is 4.79 Å². The Morgan fingerprint density at radius 2 is 1.61 bits per heavy atom. The molecule has 134 valence electrons. The molecule has 0 N–H and O–H groups in total. The summed E-state index contributed by atoms with van der Waals surface area (Å²) in [5.74, 6) is 0.220. The van der Waals surface area contributed by atoms with E-state index in [0.29, 0.717) is 25.6 Å². The number of carbonyl (C=O) groups excluding carboxylic acids is 1. The molecule has 1 amide bonds. The van der Waals surface area contributed by atoms with Crippen LogP contribution < -0.4 is 0 Å². The van der Waals surface area contributed by atoms with Crippen LogP contribution in [0.1, 0.15) is 80.1 Å². The zero-order valence-electron chi connectivity index (χ0n) is 15.9. The van der Waals surface area contributed by atoms with Crippen molar-refractivity contribution in [2.24, 2.45) is 5.92 Å². The molecule has 2 rings (SSSR count). The van der Waals surface area contributed by atoms with Crippen molar-refractivity contribution >= 4 is 5.91 Å². The second kappa shape index (κ2) is 6.72. The minimum absolute atomic E-state index is 0.256. The Labute approximate surface area is 141 Å². The van der Waals surface area contributed by atoms with Gasteiger partial charge in [0.2, 0.25) is 5.91 Å². The summed E-state index contributed by atoms with van der Waals surface area (Å²) in [5.41, 5.74) is -0.513. The van der Waals surface area contributed by atoms with Gasteiger partial charge in [-0.2, -0.15) is 0 Å². The van der Waals surface area contributed by atoms with Crippen molar-refractivity contribution in [2.75, 3.05) is 13.2 Å². The molecule has 2 aliphatic rings. The molecule has 1 unspecified atom stereocenters. The van der Waals surface area contributed by atoms with Gasteiger partial charge in [-0.1, -0.05) is 33.1 Å². The van der Waals surface area contributed by atoms with E-state index in [1.807, 2.05) is 0 Å². The van der Waals surface area contributed by atoms with E-state index >= 15 is 0 Å². The number of amides is 1. The largest absolute Gasteiger partial charge is 0.347 e. The standard InChI is InChI=1S/C19H35NO3/c1-7-8-9-15(2)12-16(21)20-17(3,4)13-19(14-18(20,5)6)22-10-11-23-19/h15H,7-14H2,1-6H3. The second-order valence-electron chi connectivity index (χ2n) is 8.77. The van der Waals surface area contributed by atoms with Crippen molar-refractivity contribution in [1.82, 2.24) is 4.90 Å². The highest BCUT2D eigenvalue weighted by molar-refractivity contribution is 5.78. The number of hydrogen-bond acceptors (Lipinski definition) is 3. The summed E-state index contributed by atoms with van der Waals surface area (Å²) in [4.78, 5) is 15.2. The van der Waals surface area contributed by atoms with Gasteiger partial charge in [-0.3, -0.25) is 4.79 Å². The highest BCUT2D eigenvalue weighted by Gasteiger charge is 2.56. The number of piperidine rings is 1. The first-order valence-electron chi connectivity index (χ1n) is 9.23. The van der Waals surface area contributed by atoms with Crippen LogP contribution in [0, 0.1) is 5.92 Å². The van der Waals surface area contributed by atoms with Gasteiger partial charge >= 0.3 is 0 Å². The van der Waals surface area contributed by atoms with Gasteiger partial charge < -0.3 is 14.4 Å². The third-order valence-electron chi connectivity index (χ3n) is 5.25. The molecule has 1 spiro atoms. The molecule has 0 radical (unpaired) electrons. The first-order chi connectivity index (χ1) is 10.6. The summed E-state index contributed by atoms with van der Waals surface area (Å²) in [6.45, 7) is 14.3. The average molecular weight is 325 g/mol. The zero-order valence-corrected chi connectivity index (χ0v) is 15.9. The van der Waals surface area contributed by atoms with Crippen molar-refractivity contribution in [2.45, 2.75) is 96.9 Å². The fourth-order valence-electron chi connectivity index (χ4n) is 4.78. The summed E-state index contributed by atoms with van der Waals surface area (Å²) in [6, 6.07) is 0. The van der Waals surface area contributed by atoms with Crippen LogP contribution >= 0.6 is 0 Å². The van der Waals surface area contributed by atoms with Crippen LogP contribution in [0.25, 0.3) is 0 Å². The first-order valence-corrected chi connectivity index (χ1v) is 9.23. The van der Waals surface area contributed by atoms with Crippen LogP contribution in [0.5, 0.6) is 0 Å². The van der Waals surface area contributed by atoms with Crippen molar-refractivity contribution in [3.8, 4) is 0 Å². The Hall–Kier alpha value is -0.610. The topological polar surface area (TPSA) is 38.8 Å². The zero-order chi connectivity index (χ0) is 17.3. The lowest BCUT2D eigenvalue weighted by molar-refractivity contribution is -0.237. The molecule has 2 fully saturated rings. The number of unbranched alkanes of at least 4 members (excludes halogenated alkanes) is 1. The molecule has 23 heavy (non-hydrogen) atoms. The highest BCUT2D eigenvalue weighted by atomic mass is 16.7. The predicted octanol–water partition coefficient (Wildman–Crippen LogP) is 4.13. The highest BCUT2D eigenvalue weighted by Crippen LogP contribution is 2.47. The number of carbonyl (C=O) groups is 1. The monoisotopic (exact) mass is 325 g/mol. The number of hydrogen-bond donors (Lipinski definition) is 0. The summed E-state index contributed by atoms with van der Waals surface area (Å²) in [6.07, 6.45) is 5.66. The minimum atomic E-state index is -0.502.